The Bertz CT molecular complexity index is 485. The largest absolute Gasteiger partial charge is 0.478 e. The summed E-state index contributed by atoms with van der Waals surface area (Å²) in [6, 6.07) is 3.46. The lowest BCUT2D eigenvalue weighted by Gasteiger charge is -2.26. The Labute approximate surface area is 118 Å². The smallest absolute Gasteiger partial charge is 0.337 e. The summed E-state index contributed by atoms with van der Waals surface area (Å²) in [4.78, 5) is 13.4. The molecule has 0 saturated carbocycles. The Morgan fingerprint density at radius 1 is 1.45 bits per heavy atom. The van der Waals surface area contributed by atoms with Crippen molar-refractivity contribution in [3.05, 3.63) is 23.3 Å². The number of carbonyl (C=O) groups is 1. The van der Waals surface area contributed by atoms with E-state index in [4.69, 9.17) is 15.6 Å². The quantitative estimate of drug-likeness (QED) is 0.697. The Morgan fingerprint density at radius 3 is 2.80 bits per heavy atom. The molecule has 1 fully saturated rings. The molecule has 0 radical (unpaired) electrons. The average Bonchev–Trinajstić information content (AvgIpc) is 2.43. The number of benzene rings is 1. The van der Waals surface area contributed by atoms with E-state index in [0.717, 1.165) is 50.6 Å². The molecular formula is C14H21N3O3. The van der Waals surface area contributed by atoms with Crippen molar-refractivity contribution in [1.29, 1.82) is 0 Å². The van der Waals surface area contributed by atoms with Crippen molar-refractivity contribution in [1.82, 2.24) is 4.90 Å². The third-order valence-electron chi connectivity index (χ3n) is 3.48. The lowest BCUT2D eigenvalue weighted by atomic mass is 10.1. The molecule has 2 rings (SSSR count). The number of nitrogens with one attached hydrogen (secondary N) is 1. The number of rotatable bonds is 5. The lowest BCUT2D eigenvalue weighted by Crippen LogP contribution is -2.39. The highest BCUT2D eigenvalue weighted by atomic mass is 16.5. The number of carboxylic acids is 1. The predicted molar refractivity (Wildman–Crippen MR) is 78.3 cm³/mol. The Kier molecular flexibility index (Phi) is 4.81. The molecular weight excluding hydrogens is 258 g/mol. The van der Waals surface area contributed by atoms with Crippen molar-refractivity contribution in [2.75, 3.05) is 50.4 Å². The Hall–Kier alpha value is -1.79. The van der Waals surface area contributed by atoms with Gasteiger partial charge in [0.1, 0.15) is 0 Å². The van der Waals surface area contributed by atoms with E-state index in [2.05, 4.69) is 10.2 Å². The summed E-state index contributed by atoms with van der Waals surface area (Å²) >= 11 is 0. The van der Waals surface area contributed by atoms with E-state index in [9.17, 15) is 4.79 Å². The molecule has 0 spiro atoms. The van der Waals surface area contributed by atoms with Crippen LogP contribution in [0.25, 0.3) is 0 Å². The summed E-state index contributed by atoms with van der Waals surface area (Å²) in [5, 5.41) is 12.4. The molecule has 0 amide bonds. The highest BCUT2D eigenvalue weighted by Gasteiger charge is 2.12. The SMILES string of the molecule is Cc1cc(NCCN2CCOCC2)cc(C(=O)O)c1N. The number of aryl methyl sites for hydroxylation is 1. The zero-order valence-corrected chi connectivity index (χ0v) is 11.7. The monoisotopic (exact) mass is 279 g/mol. The Morgan fingerprint density at radius 2 is 2.15 bits per heavy atom. The number of ether oxygens (including phenoxy) is 1. The van der Waals surface area contributed by atoms with Crippen LogP contribution in [-0.2, 0) is 4.74 Å². The number of nitrogens with zero attached hydrogens (tertiary/aromatic N) is 1. The number of nitrogen functional groups attached to an aromatic ring is 1. The minimum absolute atomic E-state index is 0.152. The minimum atomic E-state index is -0.998. The van der Waals surface area contributed by atoms with Crippen molar-refractivity contribution in [2.24, 2.45) is 0 Å². The van der Waals surface area contributed by atoms with E-state index in [-0.39, 0.29) is 5.56 Å². The highest BCUT2D eigenvalue weighted by Crippen LogP contribution is 2.22. The summed E-state index contributed by atoms with van der Waals surface area (Å²) in [5.41, 5.74) is 7.82. The van der Waals surface area contributed by atoms with Gasteiger partial charge in [0.2, 0.25) is 0 Å². The first-order valence-corrected chi connectivity index (χ1v) is 6.75. The average molecular weight is 279 g/mol. The molecule has 0 aliphatic carbocycles. The molecule has 6 nitrogen and oxygen atoms in total. The highest BCUT2D eigenvalue weighted by molar-refractivity contribution is 5.95. The second kappa shape index (κ2) is 6.58. The van der Waals surface area contributed by atoms with Gasteiger partial charge in [0.25, 0.3) is 0 Å². The molecule has 0 atom stereocenters. The maximum Gasteiger partial charge on any atom is 0.337 e. The molecule has 1 heterocycles. The number of carboxylic acid groups (broad SMARTS) is 1. The van der Waals surface area contributed by atoms with Gasteiger partial charge in [0.15, 0.2) is 0 Å². The minimum Gasteiger partial charge on any atom is -0.478 e. The standard InChI is InChI=1S/C14H21N3O3/c1-10-8-11(9-12(13(10)15)14(18)19)16-2-3-17-4-6-20-7-5-17/h8-9,16H,2-7,15H2,1H3,(H,18,19). The van der Waals surface area contributed by atoms with Crippen molar-refractivity contribution >= 4 is 17.3 Å². The number of hydrogen-bond donors (Lipinski definition) is 3. The van der Waals surface area contributed by atoms with Crippen LogP contribution in [0.3, 0.4) is 0 Å². The maximum atomic E-state index is 11.1. The summed E-state index contributed by atoms with van der Waals surface area (Å²) in [6.07, 6.45) is 0. The molecule has 4 N–H and O–H groups in total. The zero-order chi connectivity index (χ0) is 14.5. The second-order valence-electron chi connectivity index (χ2n) is 4.94. The molecule has 0 unspecified atom stereocenters. The molecule has 1 saturated heterocycles. The number of morpholine rings is 1. The molecule has 20 heavy (non-hydrogen) atoms. The van der Waals surface area contributed by atoms with E-state index in [1.807, 2.05) is 13.0 Å². The van der Waals surface area contributed by atoms with Gasteiger partial charge in [-0.3, -0.25) is 4.90 Å². The zero-order valence-electron chi connectivity index (χ0n) is 11.7. The van der Waals surface area contributed by atoms with Crippen LogP contribution >= 0.6 is 0 Å². The first-order chi connectivity index (χ1) is 9.58. The first kappa shape index (κ1) is 14.6. The molecule has 1 aromatic rings. The van der Waals surface area contributed by atoms with Crippen LogP contribution in [0.2, 0.25) is 0 Å². The van der Waals surface area contributed by atoms with Crippen LogP contribution < -0.4 is 11.1 Å². The van der Waals surface area contributed by atoms with Gasteiger partial charge in [-0.2, -0.15) is 0 Å². The number of aromatic carboxylic acids is 1. The van der Waals surface area contributed by atoms with E-state index in [1.54, 1.807) is 6.07 Å². The fraction of sp³-hybridized carbons (Fsp3) is 0.500. The van der Waals surface area contributed by atoms with Gasteiger partial charge in [-0.15, -0.1) is 0 Å². The summed E-state index contributed by atoms with van der Waals surface area (Å²) in [6.45, 7) is 6.95. The van der Waals surface area contributed by atoms with Crippen LogP contribution in [-0.4, -0.2) is 55.4 Å². The van der Waals surface area contributed by atoms with E-state index >= 15 is 0 Å². The van der Waals surface area contributed by atoms with Crippen molar-refractivity contribution in [2.45, 2.75) is 6.92 Å². The van der Waals surface area contributed by atoms with Crippen LogP contribution in [0.4, 0.5) is 11.4 Å². The van der Waals surface area contributed by atoms with Crippen molar-refractivity contribution < 1.29 is 14.6 Å². The number of hydrogen-bond acceptors (Lipinski definition) is 5. The topological polar surface area (TPSA) is 87.8 Å². The van der Waals surface area contributed by atoms with Gasteiger partial charge >= 0.3 is 5.97 Å². The van der Waals surface area contributed by atoms with E-state index in [0.29, 0.717) is 5.69 Å². The van der Waals surface area contributed by atoms with Gasteiger partial charge in [-0.1, -0.05) is 0 Å². The van der Waals surface area contributed by atoms with Gasteiger partial charge in [0, 0.05) is 37.6 Å². The van der Waals surface area contributed by atoms with Gasteiger partial charge in [0.05, 0.1) is 18.8 Å². The molecule has 110 valence electrons. The van der Waals surface area contributed by atoms with Crippen LogP contribution in [0.1, 0.15) is 15.9 Å². The molecule has 0 aromatic heterocycles. The van der Waals surface area contributed by atoms with Crippen LogP contribution in [0.5, 0.6) is 0 Å². The van der Waals surface area contributed by atoms with Crippen LogP contribution in [0, 0.1) is 6.92 Å². The number of nitrogens with two attached hydrogens (primary N) is 1. The number of anilines is 2. The van der Waals surface area contributed by atoms with Crippen LogP contribution in [0.15, 0.2) is 12.1 Å². The van der Waals surface area contributed by atoms with Gasteiger partial charge < -0.3 is 20.9 Å². The van der Waals surface area contributed by atoms with E-state index < -0.39 is 5.97 Å². The predicted octanol–water partition coefficient (Wildman–Crippen LogP) is 1.02. The molecule has 1 aliphatic heterocycles. The molecule has 0 bridgehead atoms. The third kappa shape index (κ3) is 3.61. The third-order valence-corrected chi connectivity index (χ3v) is 3.48. The fourth-order valence-corrected chi connectivity index (χ4v) is 2.26. The summed E-state index contributed by atoms with van der Waals surface area (Å²) in [5.74, 6) is -0.998. The normalized spacial score (nSPS) is 16.1. The van der Waals surface area contributed by atoms with Gasteiger partial charge in [-0.25, -0.2) is 4.79 Å². The second-order valence-corrected chi connectivity index (χ2v) is 4.94. The first-order valence-electron chi connectivity index (χ1n) is 6.75. The lowest BCUT2D eigenvalue weighted by molar-refractivity contribution is 0.0398. The summed E-state index contributed by atoms with van der Waals surface area (Å²) < 4.78 is 5.29. The Balaban J connectivity index is 1.93. The maximum absolute atomic E-state index is 11.1. The van der Waals surface area contributed by atoms with E-state index in [1.165, 1.54) is 0 Å². The van der Waals surface area contributed by atoms with Gasteiger partial charge in [-0.05, 0) is 24.6 Å². The molecule has 1 aromatic carbocycles. The molecule has 1 aliphatic rings. The van der Waals surface area contributed by atoms with Crippen molar-refractivity contribution in [3.8, 4) is 0 Å². The summed E-state index contributed by atoms with van der Waals surface area (Å²) in [7, 11) is 0. The van der Waals surface area contributed by atoms with Crippen molar-refractivity contribution in [3.63, 3.8) is 0 Å². The molecule has 6 heteroatoms. The fourth-order valence-electron chi connectivity index (χ4n) is 2.26.